The van der Waals surface area contributed by atoms with Gasteiger partial charge in [0.05, 0.1) is 28.8 Å². The molecule has 3 rings (SSSR count). The Morgan fingerprint density at radius 3 is 2.04 bits per heavy atom. The second kappa shape index (κ2) is 5.20. The van der Waals surface area contributed by atoms with Gasteiger partial charge < -0.3 is 0 Å². The van der Waals surface area contributed by atoms with Crippen molar-refractivity contribution < 1.29 is 18.0 Å². The van der Waals surface area contributed by atoms with Gasteiger partial charge in [-0.15, -0.1) is 0 Å². The summed E-state index contributed by atoms with van der Waals surface area (Å²) < 4.78 is 25.3. The Hall–Kier alpha value is -2.67. The molecule has 118 valence electrons. The standard InChI is InChI=1S/C16H14N2O4S/c1-10-7-8-11(9-14(10)17-23(2,21)22)18-15(19)12-5-3-4-6-13(12)16(18)20/h3-9,17H,1-2H3. The van der Waals surface area contributed by atoms with Gasteiger partial charge in [-0.1, -0.05) is 18.2 Å². The van der Waals surface area contributed by atoms with E-state index in [1.807, 2.05) is 0 Å². The number of fused-ring (bicyclic) bond motifs is 1. The minimum atomic E-state index is -3.46. The van der Waals surface area contributed by atoms with Crippen LogP contribution in [0.2, 0.25) is 0 Å². The van der Waals surface area contributed by atoms with E-state index in [-0.39, 0.29) is 0 Å². The monoisotopic (exact) mass is 330 g/mol. The maximum absolute atomic E-state index is 12.5. The van der Waals surface area contributed by atoms with Gasteiger partial charge in [-0.2, -0.15) is 0 Å². The second-order valence-corrected chi connectivity index (χ2v) is 7.11. The van der Waals surface area contributed by atoms with Gasteiger partial charge in [0.2, 0.25) is 10.0 Å². The highest BCUT2D eigenvalue weighted by Crippen LogP contribution is 2.31. The Morgan fingerprint density at radius 2 is 1.52 bits per heavy atom. The third-order valence-electron chi connectivity index (χ3n) is 3.57. The van der Waals surface area contributed by atoms with Crippen LogP contribution in [0, 0.1) is 6.92 Å². The van der Waals surface area contributed by atoms with E-state index in [1.165, 1.54) is 6.07 Å². The molecule has 0 saturated heterocycles. The summed E-state index contributed by atoms with van der Waals surface area (Å²) in [5, 5.41) is 0. The summed E-state index contributed by atoms with van der Waals surface area (Å²) >= 11 is 0. The van der Waals surface area contributed by atoms with Crippen LogP contribution in [0.1, 0.15) is 26.3 Å². The number of nitrogens with one attached hydrogen (secondary N) is 1. The number of hydrogen-bond donors (Lipinski definition) is 1. The summed E-state index contributed by atoms with van der Waals surface area (Å²) in [6.07, 6.45) is 1.04. The molecule has 2 aromatic rings. The van der Waals surface area contributed by atoms with Gasteiger partial charge >= 0.3 is 0 Å². The summed E-state index contributed by atoms with van der Waals surface area (Å²) in [5.41, 5.74) is 2.04. The van der Waals surface area contributed by atoms with Crippen LogP contribution in [0.5, 0.6) is 0 Å². The van der Waals surface area contributed by atoms with Crippen LogP contribution in [0.3, 0.4) is 0 Å². The lowest BCUT2D eigenvalue weighted by Gasteiger charge is -2.16. The summed E-state index contributed by atoms with van der Waals surface area (Å²) in [6.45, 7) is 1.74. The molecule has 1 aliphatic rings. The van der Waals surface area contributed by atoms with E-state index in [9.17, 15) is 18.0 Å². The Labute approximate surface area is 133 Å². The topological polar surface area (TPSA) is 83.6 Å². The number of carbonyl (C=O) groups is 2. The smallest absolute Gasteiger partial charge is 0.266 e. The van der Waals surface area contributed by atoms with Crippen molar-refractivity contribution in [1.29, 1.82) is 0 Å². The van der Waals surface area contributed by atoms with Crippen LogP contribution in [-0.4, -0.2) is 26.5 Å². The highest BCUT2D eigenvalue weighted by Gasteiger charge is 2.36. The van der Waals surface area contributed by atoms with Gasteiger partial charge in [0, 0.05) is 0 Å². The molecule has 0 bridgehead atoms. The fraction of sp³-hybridized carbons (Fsp3) is 0.125. The summed E-state index contributed by atoms with van der Waals surface area (Å²) in [4.78, 5) is 26.0. The highest BCUT2D eigenvalue weighted by atomic mass is 32.2. The molecule has 0 atom stereocenters. The fourth-order valence-corrected chi connectivity index (χ4v) is 3.10. The maximum Gasteiger partial charge on any atom is 0.266 e. The van der Waals surface area contributed by atoms with Gasteiger partial charge in [0.25, 0.3) is 11.8 Å². The normalized spacial score (nSPS) is 14.1. The van der Waals surface area contributed by atoms with Crippen molar-refractivity contribution in [3.63, 3.8) is 0 Å². The van der Waals surface area contributed by atoms with E-state index in [2.05, 4.69) is 4.72 Å². The molecule has 6 nitrogen and oxygen atoms in total. The SMILES string of the molecule is Cc1ccc(N2C(=O)c3ccccc3C2=O)cc1NS(C)(=O)=O. The molecule has 2 aromatic carbocycles. The molecule has 0 aromatic heterocycles. The van der Waals surface area contributed by atoms with Crippen molar-refractivity contribution >= 4 is 33.2 Å². The number of rotatable bonds is 3. The van der Waals surface area contributed by atoms with Crippen LogP contribution in [0.4, 0.5) is 11.4 Å². The van der Waals surface area contributed by atoms with Gasteiger partial charge in [-0.25, -0.2) is 13.3 Å². The largest absolute Gasteiger partial charge is 0.283 e. The van der Waals surface area contributed by atoms with E-state index in [4.69, 9.17) is 0 Å². The van der Waals surface area contributed by atoms with E-state index in [1.54, 1.807) is 43.3 Å². The molecular weight excluding hydrogens is 316 g/mol. The molecule has 2 amide bonds. The average molecular weight is 330 g/mol. The number of benzene rings is 2. The number of anilines is 2. The zero-order chi connectivity index (χ0) is 16.8. The lowest BCUT2D eigenvalue weighted by Crippen LogP contribution is -2.29. The molecule has 0 unspecified atom stereocenters. The first-order valence-corrected chi connectivity index (χ1v) is 8.73. The third-order valence-corrected chi connectivity index (χ3v) is 4.16. The van der Waals surface area contributed by atoms with Gasteiger partial charge in [-0.3, -0.25) is 14.3 Å². The Morgan fingerprint density at radius 1 is 0.957 bits per heavy atom. The number of amides is 2. The van der Waals surface area contributed by atoms with Crippen LogP contribution < -0.4 is 9.62 Å². The highest BCUT2D eigenvalue weighted by molar-refractivity contribution is 7.92. The minimum absolute atomic E-state index is 0.327. The van der Waals surface area contributed by atoms with E-state index >= 15 is 0 Å². The van der Waals surface area contributed by atoms with E-state index < -0.39 is 21.8 Å². The summed E-state index contributed by atoms with van der Waals surface area (Å²) in [5.74, 6) is -0.834. The molecule has 1 N–H and O–H groups in total. The summed E-state index contributed by atoms with van der Waals surface area (Å²) in [6, 6.07) is 11.3. The lowest BCUT2D eigenvalue weighted by atomic mass is 10.1. The first kappa shape index (κ1) is 15.2. The molecular formula is C16H14N2O4S. The number of aryl methyl sites for hydroxylation is 1. The molecule has 1 aliphatic heterocycles. The number of imide groups is 1. The van der Waals surface area contributed by atoms with Gasteiger partial charge in [-0.05, 0) is 36.8 Å². The van der Waals surface area contributed by atoms with E-state index in [0.717, 1.165) is 11.2 Å². The number of sulfonamides is 1. The third kappa shape index (κ3) is 2.70. The Balaban J connectivity index is 2.06. The molecule has 0 spiro atoms. The zero-order valence-corrected chi connectivity index (χ0v) is 13.3. The van der Waals surface area contributed by atoms with Crippen LogP contribution in [0.25, 0.3) is 0 Å². The number of hydrogen-bond acceptors (Lipinski definition) is 4. The predicted octanol–water partition coefficient (Wildman–Crippen LogP) is 2.17. The van der Waals surface area contributed by atoms with Crippen LogP contribution >= 0.6 is 0 Å². The molecule has 23 heavy (non-hydrogen) atoms. The lowest BCUT2D eigenvalue weighted by molar-refractivity contribution is 0.0926. The average Bonchev–Trinajstić information content (AvgIpc) is 2.73. The Kier molecular flexibility index (Phi) is 3.45. The molecule has 0 saturated carbocycles. The molecule has 7 heteroatoms. The number of carbonyl (C=O) groups excluding carboxylic acids is 2. The molecule has 0 radical (unpaired) electrons. The first-order chi connectivity index (χ1) is 10.8. The first-order valence-electron chi connectivity index (χ1n) is 6.84. The van der Waals surface area contributed by atoms with Gasteiger partial charge in [0.15, 0.2) is 0 Å². The van der Waals surface area contributed by atoms with Crippen LogP contribution in [-0.2, 0) is 10.0 Å². The van der Waals surface area contributed by atoms with Crippen molar-refractivity contribution in [1.82, 2.24) is 0 Å². The quantitative estimate of drug-likeness (QED) is 0.874. The Bertz CT molecular complexity index is 900. The predicted molar refractivity (Wildman–Crippen MR) is 87.2 cm³/mol. The summed E-state index contributed by atoms with van der Waals surface area (Å²) in [7, 11) is -3.46. The van der Waals surface area contributed by atoms with Crippen molar-refractivity contribution in [3.05, 3.63) is 59.2 Å². The zero-order valence-electron chi connectivity index (χ0n) is 12.5. The maximum atomic E-state index is 12.5. The molecule has 0 fully saturated rings. The second-order valence-electron chi connectivity index (χ2n) is 5.36. The van der Waals surface area contributed by atoms with Crippen molar-refractivity contribution in [2.24, 2.45) is 0 Å². The fourth-order valence-electron chi connectivity index (χ4n) is 2.48. The van der Waals surface area contributed by atoms with Crippen molar-refractivity contribution in [2.75, 3.05) is 15.9 Å². The number of nitrogens with zero attached hydrogens (tertiary/aromatic N) is 1. The van der Waals surface area contributed by atoms with Crippen molar-refractivity contribution in [3.8, 4) is 0 Å². The van der Waals surface area contributed by atoms with Crippen molar-refractivity contribution in [2.45, 2.75) is 6.92 Å². The van der Waals surface area contributed by atoms with Gasteiger partial charge in [0.1, 0.15) is 0 Å². The van der Waals surface area contributed by atoms with Crippen LogP contribution in [0.15, 0.2) is 42.5 Å². The molecule has 1 heterocycles. The molecule has 0 aliphatic carbocycles. The minimum Gasteiger partial charge on any atom is -0.283 e. The van der Waals surface area contributed by atoms with E-state index in [0.29, 0.717) is 28.1 Å².